The first kappa shape index (κ1) is 13.9. The largest absolute Gasteiger partial charge is 0.489 e. The topological polar surface area (TPSA) is 26.3 Å². The van der Waals surface area contributed by atoms with Gasteiger partial charge in [-0.1, -0.05) is 29.3 Å². The highest BCUT2D eigenvalue weighted by molar-refractivity contribution is 6.42. The average Bonchev–Trinajstić information content (AvgIpc) is 2.40. The fraction of sp³-hybridized carbons (Fsp3) is 0.133. The van der Waals surface area contributed by atoms with Gasteiger partial charge in [0, 0.05) is 5.56 Å². The lowest BCUT2D eigenvalue weighted by atomic mass is 10.1. The van der Waals surface area contributed by atoms with Gasteiger partial charge in [-0.2, -0.15) is 0 Å². The van der Waals surface area contributed by atoms with Crippen LogP contribution in [0.1, 0.15) is 21.5 Å². The number of ether oxygens (including phenoxy) is 1. The Morgan fingerprint density at radius 3 is 2.53 bits per heavy atom. The summed E-state index contributed by atoms with van der Waals surface area (Å²) in [5.74, 6) is 0.717. The van der Waals surface area contributed by atoms with E-state index in [1.807, 2.05) is 19.1 Å². The van der Waals surface area contributed by atoms with Crippen molar-refractivity contribution in [2.45, 2.75) is 13.5 Å². The van der Waals surface area contributed by atoms with Crippen LogP contribution in [0.5, 0.6) is 5.75 Å². The van der Waals surface area contributed by atoms with Gasteiger partial charge in [-0.15, -0.1) is 0 Å². The van der Waals surface area contributed by atoms with E-state index < -0.39 is 0 Å². The molecule has 0 radical (unpaired) electrons. The number of benzene rings is 2. The van der Waals surface area contributed by atoms with Gasteiger partial charge in [0.15, 0.2) is 0 Å². The van der Waals surface area contributed by atoms with Crippen LogP contribution in [-0.4, -0.2) is 6.29 Å². The quantitative estimate of drug-likeness (QED) is 0.765. The fourth-order valence-electron chi connectivity index (χ4n) is 1.67. The summed E-state index contributed by atoms with van der Waals surface area (Å²) in [4.78, 5) is 10.7. The van der Waals surface area contributed by atoms with Crippen molar-refractivity contribution < 1.29 is 9.53 Å². The van der Waals surface area contributed by atoms with Gasteiger partial charge in [0.25, 0.3) is 0 Å². The van der Waals surface area contributed by atoms with E-state index in [0.29, 0.717) is 28.0 Å². The summed E-state index contributed by atoms with van der Waals surface area (Å²) in [6.45, 7) is 2.27. The molecule has 0 saturated heterocycles. The molecule has 0 aliphatic carbocycles. The Labute approximate surface area is 121 Å². The molecule has 0 heterocycles. The van der Waals surface area contributed by atoms with Crippen LogP contribution >= 0.6 is 23.2 Å². The Morgan fingerprint density at radius 1 is 1.11 bits per heavy atom. The van der Waals surface area contributed by atoms with E-state index in [1.54, 1.807) is 24.3 Å². The summed E-state index contributed by atoms with van der Waals surface area (Å²) in [7, 11) is 0. The van der Waals surface area contributed by atoms with E-state index in [-0.39, 0.29) is 0 Å². The maximum absolute atomic E-state index is 10.7. The van der Waals surface area contributed by atoms with E-state index in [2.05, 4.69) is 0 Å². The fourth-order valence-corrected chi connectivity index (χ4v) is 1.99. The number of carbonyl (C=O) groups excluding carboxylic acids is 1. The minimum atomic E-state index is 0.400. The molecular weight excluding hydrogens is 283 g/mol. The van der Waals surface area contributed by atoms with Gasteiger partial charge in [0.2, 0.25) is 0 Å². The highest BCUT2D eigenvalue weighted by atomic mass is 35.5. The van der Waals surface area contributed by atoms with Crippen LogP contribution in [0.2, 0.25) is 10.0 Å². The summed E-state index contributed by atoms with van der Waals surface area (Å²) in [6.07, 6.45) is 0.831. The molecule has 0 aliphatic rings. The molecule has 0 aromatic heterocycles. The minimum Gasteiger partial charge on any atom is -0.489 e. The second-order valence-electron chi connectivity index (χ2n) is 4.17. The van der Waals surface area contributed by atoms with Gasteiger partial charge < -0.3 is 4.74 Å². The molecule has 0 unspecified atom stereocenters. The summed E-state index contributed by atoms with van der Waals surface area (Å²) in [5, 5.41) is 1.03. The molecule has 0 atom stereocenters. The van der Waals surface area contributed by atoms with Crippen LogP contribution in [0.4, 0.5) is 0 Å². The van der Waals surface area contributed by atoms with Crippen molar-refractivity contribution in [3.8, 4) is 5.75 Å². The number of rotatable bonds is 4. The first-order valence-corrected chi connectivity index (χ1v) is 6.48. The molecule has 98 valence electrons. The van der Waals surface area contributed by atoms with Gasteiger partial charge in [-0.3, -0.25) is 4.79 Å². The van der Waals surface area contributed by atoms with Crippen molar-refractivity contribution in [1.29, 1.82) is 0 Å². The monoisotopic (exact) mass is 294 g/mol. The van der Waals surface area contributed by atoms with Crippen LogP contribution in [0.3, 0.4) is 0 Å². The molecule has 19 heavy (non-hydrogen) atoms. The number of halogens is 2. The van der Waals surface area contributed by atoms with Crippen molar-refractivity contribution in [1.82, 2.24) is 0 Å². The van der Waals surface area contributed by atoms with Crippen molar-refractivity contribution in [3.63, 3.8) is 0 Å². The smallest absolute Gasteiger partial charge is 0.150 e. The lowest BCUT2D eigenvalue weighted by Gasteiger charge is -2.08. The Kier molecular flexibility index (Phi) is 4.46. The predicted molar refractivity (Wildman–Crippen MR) is 77.4 cm³/mol. The average molecular weight is 295 g/mol. The maximum atomic E-state index is 10.7. The van der Waals surface area contributed by atoms with Crippen LogP contribution in [-0.2, 0) is 6.61 Å². The normalized spacial score (nSPS) is 10.3. The van der Waals surface area contributed by atoms with Crippen LogP contribution < -0.4 is 4.74 Å². The van der Waals surface area contributed by atoms with Crippen molar-refractivity contribution in [2.24, 2.45) is 0 Å². The zero-order chi connectivity index (χ0) is 13.8. The highest BCUT2D eigenvalue weighted by Gasteiger charge is 2.02. The zero-order valence-electron chi connectivity index (χ0n) is 10.3. The Hall–Kier alpha value is -1.51. The predicted octanol–water partition coefficient (Wildman–Crippen LogP) is 4.69. The molecule has 4 heteroatoms. The molecular formula is C15H12Cl2O2. The molecule has 2 rings (SSSR count). The van der Waals surface area contributed by atoms with Gasteiger partial charge in [-0.25, -0.2) is 0 Å². The van der Waals surface area contributed by atoms with E-state index in [4.69, 9.17) is 27.9 Å². The highest BCUT2D eigenvalue weighted by Crippen LogP contribution is 2.24. The Bertz CT molecular complexity index is 609. The number of hydrogen-bond donors (Lipinski definition) is 0. The molecule has 0 bridgehead atoms. The summed E-state index contributed by atoms with van der Waals surface area (Å²) < 4.78 is 5.65. The van der Waals surface area contributed by atoms with Gasteiger partial charge in [-0.05, 0) is 48.4 Å². The summed E-state index contributed by atoms with van der Waals surface area (Å²) >= 11 is 11.8. The number of aryl methyl sites for hydroxylation is 1. The van der Waals surface area contributed by atoms with Crippen LogP contribution in [0.25, 0.3) is 0 Å². The number of aldehydes is 1. The van der Waals surface area contributed by atoms with Crippen LogP contribution in [0, 0.1) is 6.92 Å². The molecule has 0 spiro atoms. The van der Waals surface area contributed by atoms with E-state index in [9.17, 15) is 4.79 Å². The van der Waals surface area contributed by atoms with Crippen LogP contribution in [0.15, 0.2) is 36.4 Å². The lowest BCUT2D eigenvalue weighted by Crippen LogP contribution is -1.96. The molecule has 2 aromatic rings. The molecule has 0 fully saturated rings. The zero-order valence-corrected chi connectivity index (χ0v) is 11.8. The third-order valence-electron chi connectivity index (χ3n) is 2.76. The second kappa shape index (κ2) is 6.09. The lowest BCUT2D eigenvalue weighted by molar-refractivity contribution is 0.112. The van der Waals surface area contributed by atoms with E-state index >= 15 is 0 Å². The number of carbonyl (C=O) groups is 1. The molecule has 2 nitrogen and oxygen atoms in total. The van der Waals surface area contributed by atoms with Crippen molar-refractivity contribution in [2.75, 3.05) is 0 Å². The van der Waals surface area contributed by atoms with Crippen molar-refractivity contribution >= 4 is 29.5 Å². The summed E-state index contributed by atoms with van der Waals surface area (Å²) in [6, 6.07) is 10.7. The van der Waals surface area contributed by atoms with Crippen molar-refractivity contribution in [3.05, 3.63) is 63.1 Å². The molecule has 0 amide bonds. The SMILES string of the molecule is Cc1cc(OCc2ccc(Cl)c(Cl)c2)ccc1C=O. The number of hydrogen-bond acceptors (Lipinski definition) is 2. The Balaban J connectivity index is 2.07. The molecule has 0 N–H and O–H groups in total. The molecule has 0 saturated carbocycles. The maximum Gasteiger partial charge on any atom is 0.150 e. The van der Waals surface area contributed by atoms with E-state index in [1.165, 1.54) is 0 Å². The van der Waals surface area contributed by atoms with E-state index in [0.717, 1.165) is 17.4 Å². The van der Waals surface area contributed by atoms with Gasteiger partial charge >= 0.3 is 0 Å². The standard InChI is InChI=1S/C15H12Cl2O2/c1-10-6-13(4-3-12(10)8-18)19-9-11-2-5-14(16)15(17)7-11/h2-8H,9H2,1H3. The van der Waals surface area contributed by atoms with Gasteiger partial charge in [0.1, 0.15) is 18.6 Å². The summed E-state index contributed by atoms with van der Waals surface area (Å²) in [5.41, 5.74) is 2.50. The first-order valence-electron chi connectivity index (χ1n) is 5.72. The first-order chi connectivity index (χ1) is 9.10. The second-order valence-corrected chi connectivity index (χ2v) is 4.99. The Morgan fingerprint density at radius 2 is 1.89 bits per heavy atom. The molecule has 0 aliphatic heterocycles. The van der Waals surface area contributed by atoms with Gasteiger partial charge in [0.05, 0.1) is 10.0 Å². The third-order valence-corrected chi connectivity index (χ3v) is 3.50. The minimum absolute atomic E-state index is 0.400. The third kappa shape index (κ3) is 3.49. The molecule has 2 aromatic carbocycles.